The van der Waals surface area contributed by atoms with Crippen LogP contribution in [0.3, 0.4) is 0 Å². The van der Waals surface area contributed by atoms with E-state index in [0.717, 1.165) is 38.4 Å². The maximum atomic E-state index is 6.26. The van der Waals surface area contributed by atoms with Crippen LogP contribution in [-0.4, -0.2) is 12.0 Å². The third-order valence-electron chi connectivity index (χ3n) is 3.03. The first-order valence-electron chi connectivity index (χ1n) is 5.30. The van der Waals surface area contributed by atoms with Gasteiger partial charge in [-0.25, -0.2) is 0 Å². The monoisotopic (exact) mass is 234 g/mol. The van der Waals surface area contributed by atoms with Crippen LogP contribution in [0.5, 0.6) is 0 Å². The molecule has 0 unspecified atom stereocenters. The second-order valence-corrected chi connectivity index (χ2v) is 4.44. The molecule has 1 aromatic carbocycles. The largest absolute Gasteiger partial charge is 0.387 e. The Morgan fingerprint density at radius 1 is 1.19 bits per heavy atom. The van der Waals surface area contributed by atoms with Gasteiger partial charge in [0.2, 0.25) is 0 Å². The van der Waals surface area contributed by atoms with Gasteiger partial charge in [-0.05, 0) is 38.0 Å². The number of hydrogen-bond donors (Lipinski definition) is 1. The van der Waals surface area contributed by atoms with Gasteiger partial charge in [0.25, 0.3) is 0 Å². The minimum Gasteiger partial charge on any atom is -0.387 e. The summed E-state index contributed by atoms with van der Waals surface area (Å²) in [6.07, 6.45) is 0. The predicted molar refractivity (Wildman–Crippen MR) is 70.5 cm³/mol. The Balaban J connectivity index is 3.02. The summed E-state index contributed by atoms with van der Waals surface area (Å²) in [5.74, 6) is 0. The molecule has 2 rings (SSSR count). The van der Waals surface area contributed by atoms with Crippen molar-refractivity contribution in [2.75, 3.05) is 12.4 Å². The molecule has 3 heteroatoms. The normalized spacial score (nSPS) is 10.8. The lowest BCUT2D eigenvalue weighted by molar-refractivity contribution is 1.18. The van der Waals surface area contributed by atoms with Crippen molar-refractivity contribution in [1.82, 2.24) is 4.98 Å². The number of benzene rings is 1. The minimum absolute atomic E-state index is 0.751. The fourth-order valence-electron chi connectivity index (χ4n) is 1.99. The van der Waals surface area contributed by atoms with Crippen LogP contribution in [0.25, 0.3) is 10.9 Å². The maximum Gasteiger partial charge on any atom is 0.0770 e. The van der Waals surface area contributed by atoms with Gasteiger partial charge < -0.3 is 5.32 Å². The number of anilines is 1. The lowest BCUT2D eigenvalue weighted by Crippen LogP contribution is -2.00. The van der Waals surface area contributed by atoms with Gasteiger partial charge in [0.1, 0.15) is 0 Å². The van der Waals surface area contributed by atoms with Crippen molar-refractivity contribution in [2.24, 2.45) is 0 Å². The zero-order valence-electron chi connectivity index (χ0n) is 9.98. The van der Waals surface area contributed by atoms with Crippen LogP contribution in [0, 0.1) is 20.8 Å². The standard InChI is InChI=1S/C13H15ClN2/c1-7-5-6-10(14)11-12(7)16-9(3)8(2)13(11)15-4/h5-6H,1-4H3,(H,15,16). The first-order chi connectivity index (χ1) is 7.56. The van der Waals surface area contributed by atoms with Crippen LogP contribution in [-0.2, 0) is 0 Å². The molecule has 2 nitrogen and oxygen atoms in total. The van der Waals surface area contributed by atoms with E-state index in [1.807, 2.05) is 26.1 Å². The van der Waals surface area contributed by atoms with E-state index in [4.69, 9.17) is 11.6 Å². The van der Waals surface area contributed by atoms with Gasteiger partial charge in [-0.1, -0.05) is 17.7 Å². The van der Waals surface area contributed by atoms with Crippen molar-refractivity contribution in [3.63, 3.8) is 0 Å². The molecule has 2 aromatic rings. The number of hydrogen-bond acceptors (Lipinski definition) is 2. The number of halogens is 1. The number of aryl methyl sites for hydroxylation is 2. The molecule has 84 valence electrons. The molecular weight excluding hydrogens is 220 g/mol. The van der Waals surface area contributed by atoms with Crippen molar-refractivity contribution in [1.29, 1.82) is 0 Å². The Hall–Kier alpha value is -1.28. The molecule has 0 aliphatic carbocycles. The summed E-state index contributed by atoms with van der Waals surface area (Å²) >= 11 is 6.26. The van der Waals surface area contributed by atoms with Crippen LogP contribution >= 0.6 is 11.6 Å². The first kappa shape index (κ1) is 11.2. The Kier molecular flexibility index (Phi) is 2.76. The Morgan fingerprint density at radius 2 is 1.88 bits per heavy atom. The van der Waals surface area contributed by atoms with E-state index in [-0.39, 0.29) is 0 Å². The number of nitrogens with zero attached hydrogens (tertiary/aromatic N) is 1. The number of pyridine rings is 1. The van der Waals surface area contributed by atoms with Gasteiger partial charge in [0.15, 0.2) is 0 Å². The third-order valence-corrected chi connectivity index (χ3v) is 3.34. The molecule has 1 aromatic heterocycles. The average molecular weight is 235 g/mol. The fraction of sp³-hybridized carbons (Fsp3) is 0.308. The van der Waals surface area contributed by atoms with Crippen molar-refractivity contribution >= 4 is 28.2 Å². The molecule has 1 N–H and O–H groups in total. The summed E-state index contributed by atoms with van der Waals surface area (Å²) in [5, 5.41) is 4.99. The summed E-state index contributed by atoms with van der Waals surface area (Å²) in [7, 11) is 1.92. The summed E-state index contributed by atoms with van der Waals surface area (Å²) in [4.78, 5) is 4.62. The van der Waals surface area contributed by atoms with Crippen molar-refractivity contribution in [3.05, 3.63) is 34.0 Å². The molecule has 0 atom stereocenters. The third kappa shape index (κ3) is 1.54. The second-order valence-electron chi connectivity index (χ2n) is 4.04. The van der Waals surface area contributed by atoms with E-state index in [9.17, 15) is 0 Å². The van der Waals surface area contributed by atoms with Crippen LogP contribution in [0.2, 0.25) is 5.02 Å². The lowest BCUT2D eigenvalue weighted by atomic mass is 10.0. The Bertz CT molecular complexity index is 562. The molecule has 0 aliphatic heterocycles. The lowest BCUT2D eigenvalue weighted by Gasteiger charge is -2.14. The number of nitrogens with one attached hydrogen (secondary N) is 1. The molecule has 0 aliphatic rings. The first-order valence-corrected chi connectivity index (χ1v) is 5.67. The van der Waals surface area contributed by atoms with Crippen molar-refractivity contribution in [3.8, 4) is 0 Å². The number of fused-ring (bicyclic) bond motifs is 1. The highest BCUT2D eigenvalue weighted by atomic mass is 35.5. The summed E-state index contributed by atoms with van der Waals surface area (Å²) in [6, 6.07) is 3.93. The number of rotatable bonds is 1. The molecule has 0 bridgehead atoms. The van der Waals surface area contributed by atoms with Gasteiger partial charge in [0, 0.05) is 23.8 Å². The molecule has 16 heavy (non-hydrogen) atoms. The molecule has 0 fully saturated rings. The predicted octanol–water partition coefficient (Wildman–Crippen LogP) is 3.86. The van der Waals surface area contributed by atoms with Gasteiger partial charge >= 0.3 is 0 Å². The topological polar surface area (TPSA) is 24.9 Å². The van der Waals surface area contributed by atoms with Crippen LogP contribution in [0.15, 0.2) is 12.1 Å². The summed E-state index contributed by atoms with van der Waals surface area (Å²) in [5.41, 5.74) is 5.42. The van der Waals surface area contributed by atoms with E-state index in [0.29, 0.717) is 0 Å². The van der Waals surface area contributed by atoms with Gasteiger partial charge in [0.05, 0.1) is 10.5 Å². The van der Waals surface area contributed by atoms with E-state index >= 15 is 0 Å². The molecular formula is C13H15ClN2. The molecule has 0 radical (unpaired) electrons. The highest BCUT2D eigenvalue weighted by molar-refractivity contribution is 6.36. The SMILES string of the molecule is CNc1c(C)c(C)nc2c(C)ccc(Cl)c12. The zero-order valence-corrected chi connectivity index (χ0v) is 10.7. The van der Waals surface area contributed by atoms with E-state index < -0.39 is 0 Å². The smallest absolute Gasteiger partial charge is 0.0770 e. The molecule has 0 amide bonds. The van der Waals surface area contributed by atoms with Gasteiger partial charge in [-0.3, -0.25) is 4.98 Å². The summed E-state index contributed by atoms with van der Waals surface area (Å²) < 4.78 is 0. The molecule has 0 saturated carbocycles. The molecule has 1 heterocycles. The zero-order chi connectivity index (χ0) is 11.9. The van der Waals surface area contributed by atoms with E-state index in [1.165, 1.54) is 0 Å². The number of aromatic nitrogens is 1. The van der Waals surface area contributed by atoms with E-state index in [1.54, 1.807) is 0 Å². The highest BCUT2D eigenvalue weighted by Crippen LogP contribution is 2.34. The maximum absolute atomic E-state index is 6.26. The van der Waals surface area contributed by atoms with Crippen molar-refractivity contribution < 1.29 is 0 Å². The Morgan fingerprint density at radius 3 is 2.50 bits per heavy atom. The van der Waals surface area contributed by atoms with Crippen LogP contribution < -0.4 is 5.32 Å². The molecule has 0 spiro atoms. The molecule has 0 saturated heterocycles. The average Bonchev–Trinajstić information content (AvgIpc) is 2.26. The van der Waals surface area contributed by atoms with Gasteiger partial charge in [-0.15, -0.1) is 0 Å². The minimum atomic E-state index is 0.751. The van der Waals surface area contributed by atoms with Crippen LogP contribution in [0.1, 0.15) is 16.8 Å². The van der Waals surface area contributed by atoms with Crippen LogP contribution in [0.4, 0.5) is 5.69 Å². The van der Waals surface area contributed by atoms with Crippen molar-refractivity contribution in [2.45, 2.75) is 20.8 Å². The van der Waals surface area contributed by atoms with E-state index in [2.05, 4.69) is 24.1 Å². The fourth-order valence-corrected chi connectivity index (χ4v) is 2.23. The highest BCUT2D eigenvalue weighted by Gasteiger charge is 2.12. The van der Waals surface area contributed by atoms with Gasteiger partial charge in [-0.2, -0.15) is 0 Å². The Labute approximate surface area is 101 Å². The quantitative estimate of drug-likeness (QED) is 0.811. The summed E-state index contributed by atoms with van der Waals surface area (Å²) in [6.45, 7) is 6.14. The second kappa shape index (κ2) is 3.95.